The lowest BCUT2D eigenvalue weighted by molar-refractivity contribution is 0.0529. The number of alkyl carbamates (subject to hydrolysis) is 1. The van der Waals surface area contributed by atoms with Crippen molar-refractivity contribution in [1.82, 2.24) is 30.7 Å². The molecule has 10 nitrogen and oxygen atoms in total. The molecule has 1 rings (SSSR count). The fourth-order valence-corrected chi connectivity index (χ4v) is 2.10. The highest BCUT2D eigenvalue weighted by Crippen LogP contribution is 2.06. The zero-order valence-corrected chi connectivity index (χ0v) is 20.7. The van der Waals surface area contributed by atoms with E-state index >= 15 is 0 Å². The van der Waals surface area contributed by atoms with Crippen molar-refractivity contribution in [2.24, 2.45) is 12.0 Å². The zero-order valence-electron chi connectivity index (χ0n) is 18.4. The van der Waals surface area contributed by atoms with Gasteiger partial charge in [0.15, 0.2) is 11.8 Å². The molecule has 0 bridgehead atoms. The maximum absolute atomic E-state index is 11.7. The highest BCUT2D eigenvalue weighted by molar-refractivity contribution is 14.0. The molecule has 0 fully saturated rings. The van der Waals surface area contributed by atoms with Crippen LogP contribution in [-0.2, 0) is 23.1 Å². The van der Waals surface area contributed by atoms with Gasteiger partial charge in [-0.1, -0.05) is 0 Å². The molecule has 0 saturated carbocycles. The van der Waals surface area contributed by atoms with Gasteiger partial charge in [-0.05, 0) is 41.0 Å². The second kappa shape index (κ2) is 14.4. The summed E-state index contributed by atoms with van der Waals surface area (Å²) in [5.74, 6) is 2.26. The van der Waals surface area contributed by atoms with Crippen LogP contribution in [0.3, 0.4) is 0 Å². The Labute approximate surface area is 190 Å². The summed E-state index contributed by atoms with van der Waals surface area (Å²) in [5.41, 5.74) is -0.513. The summed E-state index contributed by atoms with van der Waals surface area (Å²) in [6, 6.07) is 0. The van der Waals surface area contributed by atoms with E-state index in [2.05, 4.69) is 31.1 Å². The molecule has 0 aliphatic carbocycles. The van der Waals surface area contributed by atoms with Gasteiger partial charge in [0.25, 0.3) is 0 Å². The second-order valence-electron chi connectivity index (χ2n) is 7.22. The molecule has 0 aliphatic rings. The van der Waals surface area contributed by atoms with Crippen LogP contribution in [0.15, 0.2) is 4.99 Å². The number of guanidine groups is 1. The lowest BCUT2D eigenvalue weighted by Gasteiger charge is -2.20. The molecule has 3 N–H and O–H groups in total. The third-order valence-electron chi connectivity index (χ3n) is 3.61. The minimum atomic E-state index is -0.513. The fourth-order valence-electron chi connectivity index (χ4n) is 2.10. The average molecular weight is 525 g/mol. The summed E-state index contributed by atoms with van der Waals surface area (Å²) in [6.07, 6.45) is 0.431. The van der Waals surface area contributed by atoms with Crippen molar-refractivity contribution in [2.75, 3.05) is 32.8 Å². The zero-order chi connectivity index (χ0) is 21.0. The van der Waals surface area contributed by atoms with Crippen LogP contribution in [0.25, 0.3) is 0 Å². The Morgan fingerprint density at radius 3 is 2.38 bits per heavy atom. The third kappa shape index (κ3) is 12.5. The van der Waals surface area contributed by atoms with Gasteiger partial charge < -0.3 is 30.0 Å². The molecule has 1 heterocycles. The molecular formula is C18H36IN7O3. The molecule has 0 aromatic carbocycles. The number of nitrogens with zero attached hydrogens (tertiary/aromatic N) is 4. The maximum Gasteiger partial charge on any atom is 0.407 e. The Balaban J connectivity index is 0.00000784. The number of hydrogen-bond donors (Lipinski definition) is 3. The molecule has 0 saturated heterocycles. The van der Waals surface area contributed by atoms with Crippen LogP contribution in [0, 0.1) is 6.92 Å². The van der Waals surface area contributed by atoms with E-state index in [1.165, 1.54) is 0 Å². The second-order valence-corrected chi connectivity index (χ2v) is 7.22. The van der Waals surface area contributed by atoms with E-state index in [1.807, 2.05) is 46.2 Å². The number of nitrogens with one attached hydrogen (secondary N) is 3. The summed E-state index contributed by atoms with van der Waals surface area (Å²) in [7, 11) is 1.91. The van der Waals surface area contributed by atoms with Crippen LogP contribution in [0.1, 0.15) is 45.8 Å². The van der Waals surface area contributed by atoms with Crippen LogP contribution >= 0.6 is 24.0 Å². The molecule has 1 amide bonds. The summed E-state index contributed by atoms with van der Waals surface area (Å²) in [5, 5.41) is 17.3. The van der Waals surface area contributed by atoms with Crippen molar-refractivity contribution in [1.29, 1.82) is 0 Å². The predicted octanol–water partition coefficient (Wildman–Crippen LogP) is 1.73. The number of ether oxygens (including phenoxy) is 2. The Morgan fingerprint density at radius 2 is 1.79 bits per heavy atom. The number of aliphatic imine (C=N–C) groups is 1. The van der Waals surface area contributed by atoms with Crippen molar-refractivity contribution in [3.8, 4) is 0 Å². The van der Waals surface area contributed by atoms with Crippen molar-refractivity contribution in [3.05, 3.63) is 11.6 Å². The Hall–Kier alpha value is -1.63. The Bertz CT molecular complexity index is 629. The van der Waals surface area contributed by atoms with Crippen LogP contribution < -0.4 is 16.0 Å². The average Bonchev–Trinajstić information content (AvgIpc) is 2.92. The lowest BCUT2D eigenvalue weighted by Crippen LogP contribution is -2.43. The van der Waals surface area contributed by atoms with Gasteiger partial charge >= 0.3 is 6.09 Å². The third-order valence-corrected chi connectivity index (χ3v) is 3.61. The number of rotatable bonds is 10. The van der Waals surface area contributed by atoms with E-state index in [4.69, 9.17) is 9.47 Å². The molecule has 29 heavy (non-hydrogen) atoms. The SMILES string of the molecule is CCOCCCNC(=NCc1nnc(C)n1C)NCCNC(=O)OC(C)(C)C.I. The molecule has 0 radical (unpaired) electrons. The maximum atomic E-state index is 11.7. The number of carbonyl (C=O) groups excluding carboxylic acids is 1. The van der Waals surface area contributed by atoms with Gasteiger partial charge in [0, 0.05) is 39.9 Å². The van der Waals surface area contributed by atoms with E-state index in [1.54, 1.807) is 0 Å². The van der Waals surface area contributed by atoms with Crippen LogP contribution in [0.4, 0.5) is 4.79 Å². The van der Waals surface area contributed by atoms with Gasteiger partial charge in [-0.15, -0.1) is 34.2 Å². The largest absolute Gasteiger partial charge is 0.444 e. The van der Waals surface area contributed by atoms with Crippen LogP contribution in [0.5, 0.6) is 0 Å². The highest BCUT2D eigenvalue weighted by atomic mass is 127. The first kappa shape index (κ1) is 27.4. The summed E-state index contributed by atoms with van der Waals surface area (Å²) >= 11 is 0. The highest BCUT2D eigenvalue weighted by Gasteiger charge is 2.15. The van der Waals surface area contributed by atoms with Crippen molar-refractivity contribution in [2.45, 2.75) is 53.2 Å². The molecule has 1 aromatic rings. The number of halogens is 1. The van der Waals surface area contributed by atoms with Crippen molar-refractivity contribution >= 4 is 36.0 Å². The molecule has 1 aromatic heterocycles. The topological polar surface area (TPSA) is 115 Å². The molecular weight excluding hydrogens is 489 g/mol. The number of amides is 1. The van der Waals surface area contributed by atoms with Crippen molar-refractivity contribution in [3.63, 3.8) is 0 Å². The normalized spacial score (nSPS) is 11.6. The number of aromatic nitrogens is 3. The standard InChI is InChI=1S/C18H35N7O3.HI/c1-7-27-12-8-9-19-16(22-13-15-24-23-14(2)25(15)6)20-10-11-21-17(26)28-18(3,4)5;/h7-13H2,1-6H3,(H,21,26)(H2,19,20,22);1H. The van der Waals surface area contributed by atoms with Gasteiger partial charge in [-0.3, -0.25) is 0 Å². The molecule has 0 aliphatic heterocycles. The van der Waals surface area contributed by atoms with Gasteiger partial charge in [-0.25, -0.2) is 9.79 Å². The summed E-state index contributed by atoms with van der Waals surface area (Å²) < 4.78 is 12.5. The molecule has 0 unspecified atom stereocenters. The Kier molecular flexibility index (Phi) is 13.6. The minimum Gasteiger partial charge on any atom is -0.444 e. The van der Waals surface area contributed by atoms with E-state index in [0.29, 0.717) is 38.8 Å². The molecule has 0 spiro atoms. The Morgan fingerprint density at radius 1 is 1.14 bits per heavy atom. The lowest BCUT2D eigenvalue weighted by atomic mass is 10.2. The summed E-state index contributed by atoms with van der Waals surface area (Å²) in [6.45, 7) is 12.8. The van der Waals surface area contributed by atoms with Crippen molar-refractivity contribution < 1.29 is 14.3 Å². The minimum absolute atomic E-state index is 0. The first-order valence-corrected chi connectivity index (χ1v) is 9.64. The fraction of sp³-hybridized carbons (Fsp3) is 0.778. The van der Waals surface area contributed by atoms with E-state index in [-0.39, 0.29) is 24.0 Å². The first-order valence-electron chi connectivity index (χ1n) is 9.64. The van der Waals surface area contributed by atoms with Gasteiger partial charge in [0.2, 0.25) is 0 Å². The molecule has 11 heteroatoms. The number of hydrogen-bond acceptors (Lipinski definition) is 6. The van der Waals surface area contributed by atoms with Gasteiger partial charge in [0.1, 0.15) is 18.0 Å². The number of aryl methyl sites for hydroxylation is 1. The smallest absolute Gasteiger partial charge is 0.407 e. The van der Waals surface area contributed by atoms with E-state index in [0.717, 1.165) is 24.6 Å². The predicted molar refractivity (Wildman–Crippen MR) is 124 cm³/mol. The van der Waals surface area contributed by atoms with Crippen LogP contribution in [0.2, 0.25) is 0 Å². The number of carbonyl (C=O) groups is 1. The van der Waals surface area contributed by atoms with Gasteiger partial charge in [-0.2, -0.15) is 0 Å². The first-order chi connectivity index (χ1) is 13.2. The molecule has 168 valence electrons. The molecule has 0 atom stereocenters. The van der Waals surface area contributed by atoms with E-state index < -0.39 is 11.7 Å². The summed E-state index contributed by atoms with van der Waals surface area (Å²) in [4.78, 5) is 16.2. The quantitative estimate of drug-likeness (QED) is 0.185. The van der Waals surface area contributed by atoms with E-state index in [9.17, 15) is 4.79 Å². The van der Waals surface area contributed by atoms with Crippen LogP contribution in [-0.4, -0.2) is 65.3 Å². The van der Waals surface area contributed by atoms with Gasteiger partial charge in [0.05, 0.1) is 0 Å². The monoisotopic (exact) mass is 525 g/mol.